The van der Waals surface area contributed by atoms with Crippen LogP contribution < -0.4 is 21.1 Å². The monoisotopic (exact) mass is 391 g/mol. The second-order valence-corrected chi connectivity index (χ2v) is 7.03. The number of amides is 2. The molecular formula is C21H21N5O3. The summed E-state index contributed by atoms with van der Waals surface area (Å²) in [5, 5.41) is 5.51. The van der Waals surface area contributed by atoms with Gasteiger partial charge >= 0.3 is 0 Å². The maximum atomic E-state index is 13.0. The van der Waals surface area contributed by atoms with Crippen LogP contribution in [0.4, 0.5) is 17.1 Å². The molecule has 0 atom stereocenters. The van der Waals surface area contributed by atoms with Gasteiger partial charge in [-0.2, -0.15) is 0 Å². The van der Waals surface area contributed by atoms with Crippen molar-refractivity contribution in [2.75, 3.05) is 29.1 Å². The van der Waals surface area contributed by atoms with Crippen LogP contribution >= 0.6 is 0 Å². The minimum absolute atomic E-state index is 0.137. The third kappa shape index (κ3) is 3.18. The third-order valence-electron chi connectivity index (χ3n) is 5.12. The SMILES string of the molecule is Cc1c(NC(=O)c2ccc3c(c2)NC(=O)CN3C)c(=O)n(-c2ccccc2)n1C. The molecule has 0 unspecified atom stereocenters. The molecular weight excluding hydrogens is 370 g/mol. The van der Waals surface area contributed by atoms with E-state index < -0.39 is 5.91 Å². The molecule has 0 saturated heterocycles. The van der Waals surface area contributed by atoms with Crippen LogP contribution in [0.15, 0.2) is 53.3 Å². The van der Waals surface area contributed by atoms with Crippen LogP contribution in [-0.4, -0.2) is 34.8 Å². The van der Waals surface area contributed by atoms with E-state index in [1.807, 2.05) is 42.3 Å². The minimum Gasteiger partial charge on any atom is -0.364 e. The van der Waals surface area contributed by atoms with E-state index in [0.717, 1.165) is 5.69 Å². The number of nitrogens with one attached hydrogen (secondary N) is 2. The average Bonchev–Trinajstić information content (AvgIpc) is 2.91. The summed E-state index contributed by atoms with van der Waals surface area (Å²) >= 11 is 0. The topological polar surface area (TPSA) is 88.4 Å². The van der Waals surface area contributed by atoms with Gasteiger partial charge in [-0.15, -0.1) is 0 Å². The molecule has 2 amide bonds. The number of carbonyl (C=O) groups is 2. The van der Waals surface area contributed by atoms with Gasteiger partial charge in [-0.3, -0.25) is 19.1 Å². The van der Waals surface area contributed by atoms with Crippen molar-refractivity contribution in [3.05, 3.63) is 70.1 Å². The maximum Gasteiger partial charge on any atom is 0.295 e. The average molecular weight is 391 g/mol. The quantitative estimate of drug-likeness (QED) is 0.716. The summed E-state index contributed by atoms with van der Waals surface area (Å²) in [7, 11) is 3.58. The van der Waals surface area contributed by atoms with E-state index in [-0.39, 0.29) is 23.7 Å². The zero-order valence-corrected chi connectivity index (χ0v) is 16.4. The fourth-order valence-corrected chi connectivity index (χ4v) is 3.50. The van der Waals surface area contributed by atoms with E-state index in [1.54, 1.807) is 36.9 Å². The zero-order chi connectivity index (χ0) is 20.7. The summed E-state index contributed by atoms with van der Waals surface area (Å²) in [6.45, 7) is 2.04. The third-order valence-corrected chi connectivity index (χ3v) is 5.12. The molecule has 148 valence electrons. The highest BCUT2D eigenvalue weighted by atomic mass is 16.2. The Morgan fingerprint density at radius 2 is 1.79 bits per heavy atom. The van der Waals surface area contributed by atoms with Gasteiger partial charge in [0.1, 0.15) is 5.69 Å². The first-order valence-corrected chi connectivity index (χ1v) is 9.17. The Bertz CT molecular complexity index is 1180. The van der Waals surface area contributed by atoms with Gasteiger partial charge in [-0.05, 0) is 37.3 Å². The first kappa shape index (κ1) is 18.5. The molecule has 0 saturated carbocycles. The van der Waals surface area contributed by atoms with Crippen molar-refractivity contribution in [2.45, 2.75) is 6.92 Å². The van der Waals surface area contributed by atoms with Crippen molar-refractivity contribution < 1.29 is 9.59 Å². The van der Waals surface area contributed by atoms with E-state index >= 15 is 0 Å². The van der Waals surface area contributed by atoms with Gasteiger partial charge in [-0.25, -0.2) is 4.68 Å². The molecule has 29 heavy (non-hydrogen) atoms. The van der Waals surface area contributed by atoms with Crippen molar-refractivity contribution in [3.8, 4) is 5.69 Å². The highest BCUT2D eigenvalue weighted by Crippen LogP contribution is 2.29. The second kappa shape index (κ2) is 6.97. The lowest BCUT2D eigenvalue weighted by molar-refractivity contribution is -0.115. The molecule has 8 nitrogen and oxygen atoms in total. The van der Waals surface area contributed by atoms with Gasteiger partial charge in [0.05, 0.1) is 29.3 Å². The molecule has 0 radical (unpaired) electrons. The molecule has 2 heterocycles. The Hall–Kier alpha value is -3.81. The summed E-state index contributed by atoms with van der Waals surface area (Å²) in [5.41, 5.74) is 3.02. The van der Waals surface area contributed by atoms with E-state index in [9.17, 15) is 14.4 Å². The molecule has 0 aliphatic carbocycles. The maximum absolute atomic E-state index is 13.0. The molecule has 4 rings (SSSR count). The Morgan fingerprint density at radius 1 is 1.07 bits per heavy atom. The van der Waals surface area contributed by atoms with Crippen LogP contribution in [0, 0.1) is 6.92 Å². The van der Waals surface area contributed by atoms with Crippen LogP contribution in [0.3, 0.4) is 0 Å². The predicted molar refractivity (Wildman–Crippen MR) is 112 cm³/mol. The zero-order valence-electron chi connectivity index (χ0n) is 16.4. The number of benzene rings is 2. The van der Waals surface area contributed by atoms with Gasteiger partial charge in [0.25, 0.3) is 11.5 Å². The Labute approximate surface area is 167 Å². The predicted octanol–water partition coefficient (Wildman–Crippen LogP) is 2.13. The van der Waals surface area contributed by atoms with Crippen molar-refractivity contribution in [2.24, 2.45) is 7.05 Å². The standard InChI is InChI=1S/C21H21N5O3/c1-13-19(21(29)26(25(13)3)15-7-5-4-6-8-15)23-20(28)14-9-10-17-16(11-14)22-18(27)12-24(17)2/h4-11H,12H2,1-3H3,(H,22,27)(H,23,28). The first-order chi connectivity index (χ1) is 13.9. The number of carbonyl (C=O) groups excluding carboxylic acids is 2. The van der Waals surface area contributed by atoms with Gasteiger partial charge in [-0.1, -0.05) is 18.2 Å². The number of para-hydroxylation sites is 1. The van der Waals surface area contributed by atoms with Gasteiger partial charge in [0.15, 0.2) is 0 Å². The lowest BCUT2D eigenvalue weighted by Crippen LogP contribution is -2.35. The number of hydrogen-bond donors (Lipinski definition) is 2. The molecule has 2 N–H and O–H groups in total. The number of hydrogen-bond acceptors (Lipinski definition) is 4. The largest absolute Gasteiger partial charge is 0.364 e. The van der Waals surface area contributed by atoms with Gasteiger partial charge in [0.2, 0.25) is 5.91 Å². The molecule has 0 spiro atoms. The van der Waals surface area contributed by atoms with Crippen LogP contribution in [0.2, 0.25) is 0 Å². The fraction of sp³-hybridized carbons (Fsp3) is 0.190. The van der Waals surface area contributed by atoms with Crippen molar-refractivity contribution in [1.82, 2.24) is 9.36 Å². The van der Waals surface area contributed by atoms with E-state index in [4.69, 9.17) is 0 Å². The number of anilines is 3. The van der Waals surface area contributed by atoms with E-state index in [2.05, 4.69) is 10.6 Å². The summed E-state index contributed by atoms with van der Waals surface area (Å²) in [4.78, 5) is 39.4. The summed E-state index contributed by atoms with van der Waals surface area (Å²) in [5.74, 6) is -0.552. The lowest BCUT2D eigenvalue weighted by Gasteiger charge is -2.27. The number of rotatable bonds is 3. The molecule has 0 fully saturated rings. The van der Waals surface area contributed by atoms with Crippen molar-refractivity contribution in [1.29, 1.82) is 0 Å². The van der Waals surface area contributed by atoms with Gasteiger partial charge in [0, 0.05) is 19.7 Å². The number of aromatic nitrogens is 2. The molecule has 8 heteroatoms. The van der Waals surface area contributed by atoms with E-state index in [1.165, 1.54) is 4.68 Å². The number of fused-ring (bicyclic) bond motifs is 1. The Morgan fingerprint density at radius 3 is 2.52 bits per heavy atom. The molecule has 0 bridgehead atoms. The fourth-order valence-electron chi connectivity index (χ4n) is 3.50. The molecule has 1 aliphatic heterocycles. The summed E-state index contributed by atoms with van der Waals surface area (Å²) < 4.78 is 3.21. The van der Waals surface area contributed by atoms with Crippen LogP contribution in [0.25, 0.3) is 5.69 Å². The molecule has 1 aliphatic rings. The highest BCUT2D eigenvalue weighted by Gasteiger charge is 2.22. The van der Waals surface area contributed by atoms with Crippen LogP contribution in [0.1, 0.15) is 16.1 Å². The van der Waals surface area contributed by atoms with E-state index in [0.29, 0.717) is 22.6 Å². The van der Waals surface area contributed by atoms with Crippen LogP contribution in [-0.2, 0) is 11.8 Å². The highest BCUT2D eigenvalue weighted by molar-refractivity contribution is 6.08. The smallest absolute Gasteiger partial charge is 0.295 e. The second-order valence-electron chi connectivity index (χ2n) is 7.03. The van der Waals surface area contributed by atoms with Gasteiger partial charge < -0.3 is 15.5 Å². The molecule has 1 aromatic heterocycles. The molecule has 2 aromatic carbocycles. The Balaban J connectivity index is 1.67. The number of nitrogens with zero attached hydrogens (tertiary/aromatic N) is 3. The molecule has 3 aromatic rings. The first-order valence-electron chi connectivity index (χ1n) is 9.17. The van der Waals surface area contributed by atoms with Crippen LogP contribution in [0.5, 0.6) is 0 Å². The lowest BCUT2D eigenvalue weighted by atomic mass is 10.1. The van der Waals surface area contributed by atoms with Crippen molar-refractivity contribution in [3.63, 3.8) is 0 Å². The van der Waals surface area contributed by atoms with Crippen molar-refractivity contribution >= 4 is 28.9 Å². The Kier molecular flexibility index (Phi) is 4.46. The number of likely N-dealkylation sites (N-methyl/N-ethyl adjacent to an activating group) is 1. The summed E-state index contributed by atoms with van der Waals surface area (Å²) in [6, 6.07) is 14.3. The normalized spacial score (nSPS) is 13.1. The minimum atomic E-state index is -0.415. The summed E-state index contributed by atoms with van der Waals surface area (Å²) in [6.07, 6.45) is 0.